The van der Waals surface area contributed by atoms with E-state index >= 15 is 0 Å². The average Bonchev–Trinajstić information content (AvgIpc) is 3.14. The molecule has 5 N–H and O–H groups in total. The molecule has 1 fully saturated rings. The Hall–Kier alpha value is -3.00. The summed E-state index contributed by atoms with van der Waals surface area (Å²) in [4.78, 5) is 25.5. The number of carboxylic acid groups (broad SMARTS) is 1. The van der Waals surface area contributed by atoms with E-state index < -0.39 is 5.97 Å². The van der Waals surface area contributed by atoms with E-state index in [0.29, 0.717) is 12.6 Å². The van der Waals surface area contributed by atoms with Crippen molar-refractivity contribution in [3.8, 4) is 0 Å². The molecule has 2 aliphatic heterocycles. The summed E-state index contributed by atoms with van der Waals surface area (Å²) in [6.07, 6.45) is 6.04. The first-order chi connectivity index (χ1) is 13.5. The maximum Gasteiger partial charge on any atom is 0.335 e. The highest BCUT2D eigenvalue weighted by molar-refractivity contribution is 5.90. The van der Waals surface area contributed by atoms with E-state index in [9.17, 15) is 9.59 Å². The van der Waals surface area contributed by atoms with Gasteiger partial charge in [-0.1, -0.05) is 12.8 Å². The van der Waals surface area contributed by atoms with Gasteiger partial charge in [-0.15, -0.1) is 0 Å². The molecule has 8 nitrogen and oxygen atoms in total. The summed E-state index contributed by atoms with van der Waals surface area (Å²) in [5, 5.41) is 22.1. The first-order valence-electron chi connectivity index (χ1n) is 9.63. The topological polar surface area (TPSA) is 106 Å². The number of rotatable bonds is 4. The lowest BCUT2D eigenvalue weighted by Crippen LogP contribution is -2.57. The monoisotopic (exact) mass is 383 g/mol. The number of carboxylic acids is 1. The highest BCUT2D eigenvalue weighted by Gasteiger charge is 2.33. The minimum absolute atomic E-state index is 0.107. The standard InChI is InChI=1S/C20H25N5O3/c1-12-10-17(26)23-16-11-21-20(22-14-8-6-13(7-9-14)19(27)28)24-18(16)25(12)15-4-2-3-5-15/h6-10,15,20-22,24H,2-5,11H2,1H3,(H,23,26)(H,27,28). The normalized spacial score (nSPS) is 22.8. The van der Waals surface area contributed by atoms with Crippen LogP contribution in [-0.2, 0) is 4.79 Å². The first kappa shape index (κ1) is 18.4. The zero-order chi connectivity index (χ0) is 19.7. The SMILES string of the molecule is CC1=CC(=O)NC2=C(NC(Nc3ccc(C(=O)O)cc3)NC2)N1C1CCCC1. The van der Waals surface area contributed by atoms with E-state index in [0.717, 1.165) is 35.7 Å². The fourth-order valence-electron chi connectivity index (χ4n) is 4.10. The van der Waals surface area contributed by atoms with Gasteiger partial charge in [0.2, 0.25) is 5.91 Å². The zero-order valence-electron chi connectivity index (χ0n) is 15.8. The highest BCUT2D eigenvalue weighted by Crippen LogP contribution is 2.31. The van der Waals surface area contributed by atoms with Gasteiger partial charge in [0.05, 0.1) is 11.3 Å². The summed E-state index contributed by atoms with van der Waals surface area (Å²) in [5.41, 5.74) is 2.83. The van der Waals surface area contributed by atoms with Crippen molar-refractivity contribution in [2.24, 2.45) is 0 Å². The Balaban J connectivity index is 1.55. The third-order valence-corrected chi connectivity index (χ3v) is 5.42. The number of carbonyl (C=O) groups excluding carboxylic acids is 1. The summed E-state index contributed by atoms with van der Waals surface area (Å²) in [6.45, 7) is 2.49. The maximum absolute atomic E-state index is 12.2. The van der Waals surface area contributed by atoms with Crippen LogP contribution in [0.2, 0.25) is 0 Å². The smallest absolute Gasteiger partial charge is 0.335 e. The molecule has 1 amide bonds. The van der Waals surface area contributed by atoms with E-state index in [1.165, 1.54) is 12.8 Å². The van der Waals surface area contributed by atoms with Crippen molar-refractivity contribution < 1.29 is 14.7 Å². The molecule has 1 aliphatic carbocycles. The van der Waals surface area contributed by atoms with Gasteiger partial charge in [-0.25, -0.2) is 4.79 Å². The minimum Gasteiger partial charge on any atom is -0.478 e. The molecule has 4 rings (SSSR count). The molecule has 1 unspecified atom stereocenters. The van der Waals surface area contributed by atoms with Gasteiger partial charge >= 0.3 is 5.97 Å². The van der Waals surface area contributed by atoms with E-state index in [-0.39, 0.29) is 17.8 Å². The number of aromatic carboxylic acids is 1. The second kappa shape index (κ2) is 7.55. The fourth-order valence-corrected chi connectivity index (χ4v) is 4.10. The van der Waals surface area contributed by atoms with Gasteiger partial charge in [0.1, 0.15) is 5.82 Å². The number of allylic oxidation sites excluding steroid dienone is 1. The predicted octanol–water partition coefficient (Wildman–Crippen LogP) is 1.72. The lowest BCUT2D eigenvalue weighted by Gasteiger charge is -2.39. The van der Waals surface area contributed by atoms with Crippen LogP contribution in [0.5, 0.6) is 0 Å². The molecule has 0 saturated heterocycles. The molecule has 148 valence electrons. The molecule has 0 bridgehead atoms. The summed E-state index contributed by atoms with van der Waals surface area (Å²) < 4.78 is 0. The van der Waals surface area contributed by atoms with Crippen LogP contribution in [0.4, 0.5) is 5.69 Å². The number of anilines is 1. The summed E-state index contributed by atoms with van der Waals surface area (Å²) in [5.74, 6) is -0.131. The lowest BCUT2D eigenvalue weighted by atomic mass is 10.1. The van der Waals surface area contributed by atoms with Gasteiger partial charge < -0.3 is 26.0 Å². The highest BCUT2D eigenvalue weighted by atomic mass is 16.4. The number of nitrogens with zero attached hydrogens (tertiary/aromatic N) is 1. The molecular weight excluding hydrogens is 358 g/mol. The number of benzene rings is 1. The van der Waals surface area contributed by atoms with Gasteiger partial charge in [-0.3, -0.25) is 10.1 Å². The van der Waals surface area contributed by atoms with E-state index in [4.69, 9.17) is 5.11 Å². The van der Waals surface area contributed by atoms with Crippen LogP contribution in [0.25, 0.3) is 0 Å². The van der Waals surface area contributed by atoms with Crippen LogP contribution in [0, 0.1) is 0 Å². The van der Waals surface area contributed by atoms with Crippen LogP contribution in [0.3, 0.4) is 0 Å². The number of carbonyl (C=O) groups is 2. The Kier molecular flexibility index (Phi) is 4.95. The molecule has 8 heteroatoms. The Morgan fingerprint density at radius 1 is 1.21 bits per heavy atom. The molecular formula is C20H25N5O3. The molecule has 1 saturated carbocycles. The number of amides is 1. The van der Waals surface area contributed by atoms with Crippen molar-refractivity contribution in [2.45, 2.75) is 44.9 Å². The molecule has 2 heterocycles. The van der Waals surface area contributed by atoms with Gasteiger partial charge in [-0.05, 0) is 44.0 Å². The van der Waals surface area contributed by atoms with Crippen molar-refractivity contribution >= 4 is 17.6 Å². The number of nitrogens with one attached hydrogen (secondary N) is 4. The maximum atomic E-state index is 12.2. The molecule has 0 spiro atoms. The molecule has 1 atom stereocenters. The number of hydrogen-bond donors (Lipinski definition) is 5. The van der Waals surface area contributed by atoms with Crippen LogP contribution < -0.4 is 21.3 Å². The second-order valence-electron chi connectivity index (χ2n) is 7.40. The summed E-state index contributed by atoms with van der Waals surface area (Å²) in [6, 6.07) is 7.01. The molecule has 0 radical (unpaired) electrons. The molecule has 1 aromatic rings. The van der Waals surface area contributed by atoms with Gasteiger partial charge in [0.25, 0.3) is 0 Å². The Morgan fingerprint density at radius 2 is 1.93 bits per heavy atom. The van der Waals surface area contributed by atoms with Gasteiger partial charge in [-0.2, -0.15) is 0 Å². The predicted molar refractivity (Wildman–Crippen MR) is 105 cm³/mol. The number of hydrogen-bond acceptors (Lipinski definition) is 6. The summed E-state index contributed by atoms with van der Waals surface area (Å²) >= 11 is 0. The van der Waals surface area contributed by atoms with Crippen LogP contribution in [0.1, 0.15) is 43.0 Å². The summed E-state index contributed by atoms with van der Waals surface area (Å²) in [7, 11) is 0. The fraction of sp³-hybridized carbons (Fsp3) is 0.400. The Morgan fingerprint density at radius 3 is 2.61 bits per heavy atom. The second-order valence-corrected chi connectivity index (χ2v) is 7.40. The Labute approximate surface area is 163 Å². The van der Waals surface area contributed by atoms with Crippen molar-refractivity contribution in [1.82, 2.24) is 20.9 Å². The molecule has 28 heavy (non-hydrogen) atoms. The third-order valence-electron chi connectivity index (χ3n) is 5.42. The quantitative estimate of drug-likeness (QED) is 0.539. The van der Waals surface area contributed by atoms with Crippen LogP contribution in [-0.4, -0.2) is 40.8 Å². The van der Waals surface area contributed by atoms with Gasteiger partial charge in [0.15, 0.2) is 6.29 Å². The van der Waals surface area contributed by atoms with Crippen molar-refractivity contribution in [1.29, 1.82) is 0 Å². The zero-order valence-corrected chi connectivity index (χ0v) is 15.8. The van der Waals surface area contributed by atoms with E-state index in [2.05, 4.69) is 26.2 Å². The van der Waals surface area contributed by atoms with E-state index in [1.807, 2.05) is 6.92 Å². The van der Waals surface area contributed by atoms with E-state index in [1.54, 1.807) is 30.3 Å². The molecule has 3 aliphatic rings. The minimum atomic E-state index is -0.945. The largest absolute Gasteiger partial charge is 0.478 e. The average molecular weight is 383 g/mol. The molecule has 0 aromatic heterocycles. The van der Waals surface area contributed by atoms with Crippen LogP contribution in [0.15, 0.2) is 47.6 Å². The van der Waals surface area contributed by atoms with Crippen molar-refractivity contribution in [3.05, 3.63) is 53.1 Å². The first-order valence-corrected chi connectivity index (χ1v) is 9.63. The van der Waals surface area contributed by atoms with Crippen molar-refractivity contribution in [2.75, 3.05) is 11.9 Å². The lowest BCUT2D eigenvalue weighted by molar-refractivity contribution is -0.115. The third kappa shape index (κ3) is 3.68. The van der Waals surface area contributed by atoms with Crippen molar-refractivity contribution in [3.63, 3.8) is 0 Å². The molecule has 1 aromatic carbocycles. The Bertz CT molecular complexity index is 840. The van der Waals surface area contributed by atoms with Crippen LogP contribution >= 0.6 is 0 Å². The van der Waals surface area contributed by atoms with Gasteiger partial charge in [0, 0.05) is 30.0 Å².